The summed E-state index contributed by atoms with van der Waals surface area (Å²) in [5.41, 5.74) is 1.49. The Bertz CT molecular complexity index is 726. The number of anilines is 1. The summed E-state index contributed by atoms with van der Waals surface area (Å²) in [5, 5.41) is 13.7. The lowest BCUT2D eigenvalue weighted by Gasteiger charge is -2.08. The number of carbonyl (C=O) groups is 1. The number of para-hydroxylation sites is 1. The average molecular weight is 295 g/mol. The molecule has 3 aromatic rings. The van der Waals surface area contributed by atoms with Crippen molar-refractivity contribution < 1.29 is 9.53 Å². The van der Waals surface area contributed by atoms with Crippen molar-refractivity contribution >= 4 is 11.6 Å². The smallest absolute Gasteiger partial charge is 0.262 e. The number of rotatable bonds is 5. The van der Waals surface area contributed by atoms with Crippen molar-refractivity contribution in [2.45, 2.75) is 0 Å². The van der Waals surface area contributed by atoms with E-state index in [1.807, 2.05) is 30.3 Å². The highest BCUT2D eigenvalue weighted by Crippen LogP contribution is 2.12. The molecule has 0 aliphatic heterocycles. The van der Waals surface area contributed by atoms with Gasteiger partial charge in [0.15, 0.2) is 6.61 Å². The summed E-state index contributed by atoms with van der Waals surface area (Å²) < 4.78 is 6.91. The number of benzene rings is 2. The molecule has 0 fully saturated rings. The van der Waals surface area contributed by atoms with Crippen molar-refractivity contribution in [3.63, 3.8) is 0 Å². The summed E-state index contributed by atoms with van der Waals surface area (Å²) in [6.45, 7) is -0.0429. The highest BCUT2D eigenvalue weighted by Gasteiger charge is 2.04. The maximum Gasteiger partial charge on any atom is 0.262 e. The number of tetrazole rings is 1. The Labute approximate surface area is 126 Å². The zero-order valence-corrected chi connectivity index (χ0v) is 11.6. The van der Waals surface area contributed by atoms with E-state index in [9.17, 15) is 4.79 Å². The van der Waals surface area contributed by atoms with Gasteiger partial charge < -0.3 is 10.1 Å². The highest BCUT2D eigenvalue weighted by molar-refractivity contribution is 5.91. The summed E-state index contributed by atoms with van der Waals surface area (Å²) in [5.74, 6) is 0.436. The first kappa shape index (κ1) is 13.7. The Balaban J connectivity index is 1.55. The molecule has 0 unspecified atom stereocenters. The Morgan fingerprint density at radius 1 is 1.09 bits per heavy atom. The number of aromatic nitrogens is 4. The molecule has 0 atom stereocenters. The Morgan fingerprint density at radius 2 is 1.86 bits per heavy atom. The second kappa shape index (κ2) is 6.49. The third kappa shape index (κ3) is 3.45. The fourth-order valence-corrected chi connectivity index (χ4v) is 1.84. The molecule has 7 nitrogen and oxygen atoms in total. The molecule has 110 valence electrons. The third-order valence-electron chi connectivity index (χ3n) is 2.88. The normalized spacial score (nSPS) is 10.2. The van der Waals surface area contributed by atoms with Gasteiger partial charge in [0.2, 0.25) is 0 Å². The summed E-state index contributed by atoms with van der Waals surface area (Å²) in [6.07, 6.45) is 1.50. The van der Waals surface area contributed by atoms with Crippen LogP contribution in [0.3, 0.4) is 0 Å². The van der Waals surface area contributed by atoms with Gasteiger partial charge >= 0.3 is 0 Å². The third-order valence-corrected chi connectivity index (χ3v) is 2.88. The van der Waals surface area contributed by atoms with E-state index >= 15 is 0 Å². The van der Waals surface area contributed by atoms with Gasteiger partial charge in [0.05, 0.1) is 5.69 Å². The maximum atomic E-state index is 11.8. The molecule has 0 aliphatic rings. The lowest BCUT2D eigenvalue weighted by molar-refractivity contribution is -0.118. The minimum atomic E-state index is -0.223. The van der Waals surface area contributed by atoms with Crippen molar-refractivity contribution in [1.29, 1.82) is 0 Å². The van der Waals surface area contributed by atoms with Crippen molar-refractivity contribution in [3.8, 4) is 11.4 Å². The first-order valence-electron chi connectivity index (χ1n) is 6.62. The van der Waals surface area contributed by atoms with E-state index in [1.165, 1.54) is 11.0 Å². The van der Waals surface area contributed by atoms with Crippen LogP contribution in [0.1, 0.15) is 0 Å². The van der Waals surface area contributed by atoms with Gasteiger partial charge in [0.25, 0.3) is 5.91 Å². The van der Waals surface area contributed by atoms with Crippen LogP contribution in [0.5, 0.6) is 5.75 Å². The summed E-state index contributed by atoms with van der Waals surface area (Å²) in [6, 6.07) is 16.4. The number of ether oxygens (including phenoxy) is 1. The predicted molar refractivity (Wildman–Crippen MR) is 79.7 cm³/mol. The van der Waals surface area contributed by atoms with Crippen LogP contribution in [0, 0.1) is 0 Å². The molecule has 7 heteroatoms. The standard InChI is InChI=1S/C15H13N5O2/c21-15(10-22-14-4-2-1-3-5-14)17-12-6-8-13(9-7-12)20-11-16-18-19-20/h1-9,11H,10H2,(H,17,21). The fourth-order valence-electron chi connectivity index (χ4n) is 1.84. The van der Waals surface area contributed by atoms with Crippen molar-refractivity contribution in [2.24, 2.45) is 0 Å². The quantitative estimate of drug-likeness (QED) is 0.774. The number of hydrogen-bond acceptors (Lipinski definition) is 5. The number of nitrogens with zero attached hydrogens (tertiary/aromatic N) is 4. The Morgan fingerprint density at radius 3 is 2.55 bits per heavy atom. The molecule has 1 aromatic heterocycles. The molecule has 1 amide bonds. The fraction of sp³-hybridized carbons (Fsp3) is 0.0667. The summed E-state index contributed by atoms with van der Waals surface area (Å²) in [7, 11) is 0. The average Bonchev–Trinajstić information content (AvgIpc) is 3.09. The molecule has 0 spiro atoms. The van der Waals surface area contributed by atoms with E-state index in [-0.39, 0.29) is 12.5 Å². The molecule has 0 bridgehead atoms. The van der Waals surface area contributed by atoms with Crippen LogP contribution in [0.2, 0.25) is 0 Å². The van der Waals surface area contributed by atoms with Gasteiger partial charge in [0, 0.05) is 5.69 Å². The van der Waals surface area contributed by atoms with E-state index < -0.39 is 0 Å². The lowest BCUT2D eigenvalue weighted by Crippen LogP contribution is -2.20. The van der Waals surface area contributed by atoms with Gasteiger partial charge in [-0.2, -0.15) is 0 Å². The molecular formula is C15H13N5O2. The van der Waals surface area contributed by atoms with Crippen LogP contribution in [-0.2, 0) is 4.79 Å². The van der Waals surface area contributed by atoms with Crippen molar-refractivity contribution in [2.75, 3.05) is 11.9 Å². The largest absolute Gasteiger partial charge is 0.484 e. The van der Waals surface area contributed by atoms with Crippen LogP contribution in [0.15, 0.2) is 60.9 Å². The molecular weight excluding hydrogens is 282 g/mol. The van der Waals surface area contributed by atoms with E-state index in [2.05, 4.69) is 20.8 Å². The Hall–Kier alpha value is -3.22. The molecule has 0 saturated heterocycles. The molecule has 3 rings (SSSR count). The minimum absolute atomic E-state index is 0.0429. The van der Waals surface area contributed by atoms with Gasteiger partial charge in [-0.05, 0) is 46.8 Å². The molecule has 2 aromatic carbocycles. The van der Waals surface area contributed by atoms with Gasteiger partial charge in [-0.25, -0.2) is 4.68 Å². The number of amides is 1. The summed E-state index contributed by atoms with van der Waals surface area (Å²) >= 11 is 0. The van der Waals surface area contributed by atoms with Gasteiger partial charge in [-0.3, -0.25) is 4.79 Å². The van der Waals surface area contributed by atoms with E-state index in [0.29, 0.717) is 11.4 Å². The second-order valence-corrected chi connectivity index (χ2v) is 4.45. The molecule has 0 radical (unpaired) electrons. The molecule has 0 aliphatic carbocycles. The van der Waals surface area contributed by atoms with Gasteiger partial charge in [-0.1, -0.05) is 18.2 Å². The molecule has 1 N–H and O–H groups in total. The SMILES string of the molecule is O=C(COc1ccccc1)Nc1ccc(-n2cnnn2)cc1. The zero-order chi connectivity index (χ0) is 15.2. The van der Waals surface area contributed by atoms with Crippen LogP contribution in [-0.4, -0.2) is 32.7 Å². The van der Waals surface area contributed by atoms with Gasteiger partial charge in [-0.15, -0.1) is 5.10 Å². The predicted octanol–water partition coefficient (Wildman–Crippen LogP) is 1.68. The van der Waals surface area contributed by atoms with Crippen LogP contribution in [0.25, 0.3) is 5.69 Å². The highest BCUT2D eigenvalue weighted by atomic mass is 16.5. The number of nitrogens with one attached hydrogen (secondary N) is 1. The van der Waals surface area contributed by atoms with E-state index in [0.717, 1.165) is 5.69 Å². The number of hydrogen-bond donors (Lipinski definition) is 1. The van der Waals surface area contributed by atoms with Crippen LogP contribution < -0.4 is 10.1 Å². The first-order chi connectivity index (χ1) is 10.8. The van der Waals surface area contributed by atoms with E-state index in [4.69, 9.17) is 4.74 Å². The molecule has 0 saturated carbocycles. The van der Waals surface area contributed by atoms with Gasteiger partial charge in [0.1, 0.15) is 12.1 Å². The second-order valence-electron chi connectivity index (χ2n) is 4.45. The van der Waals surface area contributed by atoms with Crippen molar-refractivity contribution in [1.82, 2.24) is 20.2 Å². The molecule has 1 heterocycles. The minimum Gasteiger partial charge on any atom is -0.484 e. The maximum absolute atomic E-state index is 11.8. The first-order valence-corrected chi connectivity index (χ1v) is 6.62. The topological polar surface area (TPSA) is 81.9 Å². The van der Waals surface area contributed by atoms with Crippen LogP contribution in [0.4, 0.5) is 5.69 Å². The lowest BCUT2D eigenvalue weighted by atomic mass is 10.3. The summed E-state index contributed by atoms with van der Waals surface area (Å²) in [4.78, 5) is 11.8. The Kier molecular flexibility index (Phi) is 4.05. The number of carbonyl (C=O) groups excluding carboxylic acids is 1. The van der Waals surface area contributed by atoms with Crippen LogP contribution >= 0.6 is 0 Å². The zero-order valence-electron chi connectivity index (χ0n) is 11.6. The monoisotopic (exact) mass is 295 g/mol. The molecule has 22 heavy (non-hydrogen) atoms. The van der Waals surface area contributed by atoms with E-state index in [1.54, 1.807) is 24.3 Å². The van der Waals surface area contributed by atoms with Crippen molar-refractivity contribution in [3.05, 3.63) is 60.9 Å².